The molecule has 0 spiro atoms. The van der Waals surface area contributed by atoms with Gasteiger partial charge in [-0.3, -0.25) is 0 Å². The summed E-state index contributed by atoms with van der Waals surface area (Å²) in [4.78, 5) is 4.11. The van der Waals surface area contributed by atoms with Gasteiger partial charge in [0.2, 0.25) is 0 Å². The van der Waals surface area contributed by atoms with E-state index in [2.05, 4.69) is 4.98 Å². The maximum atomic E-state index is 11.2. The number of imidazole rings is 1. The molecule has 1 aromatic carbocycles. The Hall–Kier alpha value is 0. The Kier molecular flexibility index (Phi) is 3.82. The Bertz CT molecular complexity index is 407. The number of aromatic nitrogens is 2. The van der Waals surface area contributed by atoms with Crippen LogP contribution >= 0.6 is 0 Å². The molecule has 0 radical (unpaired) electrons. The second-order valence-electron chi connectivity index (χ2n) is 2.48. The molecule has 0 aliphatic carbocycles. The maximum Gasteiger partial charge on any atom is 1.00 e. The van der Waals surface area contributed by atoms with Crippen LogP contribution in [0.3, 0.4) is 0 Å². The summed E-state index contributed by atoms with van der Waals surface area (Å²) >= 11 is -1.02. The summed E-state index contributed by atoms with van der Waals surface area (Å²) < 4.78 is 12.8. The van der Waals surface area contributed by atoms with Gasteiger partial charge in [-0.2, -0.15) is 3.97 Å². The first-order valence-corrected chi connectivity index (χ1v) is 5.06. The summed E-state index contributed by atoms with van der Waals surface area (Å²) in [7, 11) is 0. The molecule has 0 aliphatic heterocycles. The molecule has 13 heavy (non-hydrogen) atoms. The molecule has 0 bridgehead atoms. The van der Waals surface area contributed by atoms with Gasteiger partial charge in [0.05, 0.1) is 16.9 Å². The SMILES string of the molecule is C[S+]([O-])n1cnc2ccccc21.[H-].[Na+]. The van der Waals surface area contributed by atoms with E-state index in [1.165, 1.54) is 0 Å². The Balaban J connectivity index is 0.000000845. The van der Waals surface area contributed by atoms with Gasteiger partial charge in [0.1, 0.15) is 18.1 Å². The summed E-state index contributed by atoms with van der Waals surface area (Å²) in [5.41, 5.74) is 1.80. The van der Waals surface area contributed by atoms with Gasteiger partial charge in [-0.05, 0) is 12.1 Å². The monoisotopic (exact) mass is 204 g/mol. The Morgan fingerprint density at radius 3 is 2.85 bits per heavy atom. The van der Waals surface area contributed by atoms with Crippen LogP contribution in [0, 0.1) is 0 Å². The summed E-state index contributed by atoms with van der Waals surface area (Å²) in [5.74, 6) is 0. The molecule has 0 amide bonds. The van der Waals surface area contributed by atoms with Crippen LogP contribution in [0.15, 0.2) is 30.6 Å². The molecule has 64 valence electrons. The van der Waals surface area contributed by atoms with Crippen molar-refractivity contribution in [3.63, 3.8) is 0 Å². The minimum Gasteiger partial charge on any atom is -1.00 e. The predicted molar refractivity (Wildman–Crippen MR) is 50.3 cm³/mol. The quantitative estimate of drug-likeness (QED) is 0.410. The van der Waals surface area contributed by atoms with E-state index in [1.54, 1.807) is 16.6 Å². The first kappa shape index (κ1) is 11.1. The van der Waals surface area contributed by atoms with Gasteiger partial charge in [0.25, 0.3) is 0 Å². The van der Waals surface area contributed by atoms with Crippen molar-refractivity contribution in [2.24, 2.45) is 0 Å². The van der Waals surface area contributed by atoms with Crippen LogP contribution in [0.25, 0.3) is 11.0 Å². The number of nitrogens with zero attached hydrogens (tertiary/aromatic N) is 2. The van der Waals surface area contributed by atoms with E-state index >= 15 is 0 Å². The topological polar surface area (TPSA) is 40.9 Å². The molecular weight excluding hydrogens is 195 g/mol. The fourth-order valence-corrected chi connectivity index (χ4v) is 1.75. The van der Waals surface area contributed by atoms with Crippen molar-refractivity contribution in [3.8, 4) is 0 Å². The van der Waals surface area contributed by atoms with Crippen LogP contribution in [-0.2, 0) is 11.4 Å². The minimum absolute atomic E-state index is 0. The van der Waals surface area contributed by atoms with Gasteiger partial charge in [-0.1, -0.05) is 12.1 Å². The molecule has 0 fully saturated rings. The minimum atomic E-state index is -1.02. The third-order valence-electron chi connectivity index (χ3n) is 1.70. The van der Waals surface area contributed by atoms with E-state index in [-0.39, 0.29) is 31.0 Å². The summed E-state index contributed by atoms with van der Waals surface area (Å²) in [6.07, 6.45) is 3.23. The Labute approximate surface area is 103 Å². The van der Waals surface area contributed by atoms with Gasteiger partial charge in [-0.25, -0.2) is 4.98 Å². The third kappa shape index (κ3) is 2.08. The number of benzene rings is 1. The average molecular weight is 204 g/mol. The molecule has 1 unspecified atom stereocenters. The van der Waals surface area contributed by atoms with Crippen molar-refractivity contribution in [3.05, 3.63) is 30.6 Å². The zero-order valence-corrected chi connectivity index (χ0v) is 10.4. The molecule has 0 saturated carbocycles. The van der Waals surface area contributed by atoms with Crippen LogP contribution in [0.4, 0.5) is 0 Å². The van der Waals surface area contributed by atoms with Crippen LogP contribution < -0.4 is 29.6 Å². The molecule has 1 heterocycles. The standard InChI is InChI=1S/C8H8N2OS.Na.H/c1-12(11)10-6-9-7-4-2-3-5-8(7)10;;/h2-6H,1H3;;/q;+1;-1. The summed E-state index contributed by atoms with van der Waals surface area (Å²) in [5, 5.41) is 0. The van der Waals surface area contributed by atoms with E-state index in [9.17, 15) is 4.55 Å². The van der Waals surface area contributed by atoms with Gasteiger partial charge >= 0.3 is 29.6 Å². The summed E-state index contributed by atoms with van der Waals surface area (Å²) in [6, 6.07) is 7.63. The van der Waals surface area contributed by atoms with E-state index in [1.807, 2.05) is 24.3 Å². The normalized spacial score (nSPS) is 12.5. The van der Waals surface area contributed by atoms with Crippen LogP contribution in [0.2, 0.25) is 0 Å². The van der Waals surface area contributed by atoms with Gasteiger partial charge in [0, 0.05) is 0 Å². The average Bonchev–Trinajstić information content (AvgIpc) is 2.47. The molecule has 2 aromatic rings. The van der Waals surface area contributed by atoms with Crippen molar-refractivity contribution in [1.82, 2.24) is 8.96 Å². The largest absolute Gasteiger partial charge is 1.00 e. The van der Waals surface area contributed by atoms with Crippen molar-refractivity contribution in [2.45, 2.75) is 0 Å². The van der Waals surface area contributed by atoms with Crippen molar-refractivity contribution in [2.75, 3.05) is 6.26 Å². The number of hydrogen-bond acceptors (Lipinski definition) is 2. The smallest absolute Gasteiger partial charge is 1.00 e. The maximum absolute atomic E-state index is 11.2. The number of hydrogen-bond donors (Lipinski definition) is 0. The van der Waals surface area contributed by atoms with E-state index in [0.717, 1.165) is 11.0 Å². The van der Waals surface area contributed by atoms with Crippen LogP contribution in [0.5, 0.6) is 0 Å². The zero-order chi connectivity index (χ0) is 8.55. The van der Waals surface area contributed by atoms with Crippen molar-refractivity contribution < 1.29 is 35.5 Å². The zero-order valence-electron chi connectivity index (χ0n) is 8.60. The molecule has 2 rings (SSSR count). The molecule has 1 aromatic heterocycles. The second-order valence-corrected chi connectivity index (χ2v) is 3.72. The first-order valence-electron chi connectivity index (χ1n) is 3.55. The third-order valence-corrected chi connectivity index (χ3v) is 2.54. The van der Waals surface area contributed by atoms with Crippen molar-refractivity contribution >= 4 is 22.4 Å². The van der Waals surface area contributed by atoms with Crippen molar-refractivity contribution in [1.29, 1.82) is 0 Å². The molecule has 0 N–H and O–H groups in total. The first-order chi connectivity index (χ1) is 5.79. The number of rotatable bonds is 1. The molecule has 1 atom stereocenters. The molecule has 0 aliphatic rings. The fraction of sp³-hybridized carbons (Fsp3) is 0.125. The van der Waals surface area contributed by atoms with E-state index < -0.39 is 11.4 Å². The summed E-state index contributed by atoms with van der Waals surface area (Å²) in [6.45, 7) is 0. The fourth-order valence-electron chi connectivity index (χ4n) is 1.14. The Morgan fingerprint density at radius 2 is 2.15 bits per heavy atom. The number of para-hydroxylation sites is 2. The predicted octanol–water partition coefficient (Wildman–Crippen LogP) is -1.71. The molecular formula is C8H9N2NaOS. The van der Waals surface area contributed by atoms with Gasteiger partial charge in [-0.15, -0.1) is 0 Å². The number of fused-ring (bicyclic) bond motifs is 1. The van der Waals surface area contributed by atoms with E-state index in [0.29, 0.717) is 0 Å². The van der Waals surface area contributed by atoms with E-state index in [4.69, 9.17) is 0 Å². The van der Waals surface area contributed by atoms with Gasteiger partial charge in [0.15, 0.2) is 0 Å². The van der Waals surface area contributed by atoms with Crippen LogP contribution in [0.1, 0.15) is 1.43 Å². The van der Waals surface area contributed by atoms with Crippen LogP contribution in [-0.4, -0.2) is 19.8 Å². The Morgan fingerprint density at radius 1 is 1.46 bits per heavy atom. The van der Waals surface area contributed by atoms with Gasteiger partial charge < -0.3 is 5.98 Å². The molecule has 5 heteroatoms. The molecule has 3 nitrogen and oxygen atoms in total. The molecule has 0 saturated heterocycles. The second kappa shape index (κ2) is 4.48.